The average Bonchev–Trinajstić information content (AvgIpc) is 2.39. The number of carbonyl (C=O) groups is 1. The fourth-order valence-corrected chi connectivity index (χ4v) is 1.68. The van der Waals surface area contributed by atoms with Crippen molar-refractivity contribution in [2.45, 2.75) is 0 Å². The van der Waals surface area contributed by atoms with Crippen LogP contribution < -0.4 is 0 Å². The van der Waals surface area contributed by atoms with Crippen molar-refractivity contribution in [2.24, 2.45) is 0 Å². The molecule has 2 aromatic carbocycles. The van der Waals surface area contributed by atoms with E-state index in [4.69, 9.17) is 5.11 Å². The summed E-state index contributed by atoms with van der Waals surface area (Å²) in [5.41, 5.74) is 0.669. The van der Waals surface area contributed by atoms with Gasteiger partial charge in [-0.05, 0) is 29.3 Å². The van der Waals surface area contributed by atoms with Crippen LogP contribution in [0.15, 0.2) is 42.5 Å². The van der Waals surface area contributed by atoms with Gasteiger partial charge < -0.3 is 10.2 Å². The zero-order valence-electron chi connectivity index (χ0n) is 9.61. The van der Waals surface area contributed by atoms with Crippen LogP contribution in [-0.4, -0.2) is 21.1 Å². The minimum atomic E-state index is -1.07. The fourth-order valence-electron chi connectivity index (χ4n) is 1.68. The van der Waals surface area contributed by atoms with E-state index in [9.17, 15) is 20.0 Å². The first-order valence-corrected chi connectivity index (χ1v) is 5.30. The Kier molecular flexibility index (Phi) is 3.15. The van der Waals surface area contributed by atoms with Gasteiger partial charge in [0.05, 0.1) is 10.5 Å². The largest absolute Gasteiger partial charge is 0.502 e. The van der Waals surface area contributed by atoms with Gasteiger partial charge >= 0.3 is 11.7 Å². The number of carboxylic acid groups (broad SMARTS) is 1. The summed E-state index contributed by atoms with van der Waals surface area (Å²) in [6.45, 7) is 0. The third-order valence-corrected chi connectivity index (χ3v) is 2.61. The SMILES string of the molecule is O=C(O)c1cccc(-c2ccc(O)c([N+](=O)[O-])c2)c1. The summed E-state index contributed by atoms with van der Waals surface area (Å²) in [4.78, 5) is 20.9. The molecule has 2 N–H and O–H groups in total. The van der Waals surface area contributed by atoms with Crippen LogP contribution in [0.2, 0.25) is 0 Å². The van der Waals surface area contributed by atoms with Crippen molar-refractivity contribution in [1.29, 1.82) is 0 Å². The van der Waals surface area contributed by atoms with Crippen molar-refractivity contribution in [3.05, 3.63) is 58.1 Å². The number of carboxylic acids is 1. The molecule has 0 radical (unpaired) electrons. The number of hydrogen-bond acceptors (Lipinski definition) is 4. The van der Waals surface area contributed by atoms with Crippen molar-refractivity contribution in [3.8, 4) is 16.9 Å². The van der Waals surface area contributed by atoms with Crippen molar-refractivity contribution in [3.63, 3.8) is 0 Å². The van der Waals surface area contributed by atoms with Gasteiger partial charge in [0.2, 0.25) is 0 Å². The van der Waals surface area contributed by atoms with E-state index in [-0.39, 0.29) is 5.56 Å². The van der Waals surface area contributed by atoms with E-state index >= 15 is 0 Å². The van der Waals surface area contributed by atoms with Gasteiger partial charge in [-0.3, -0.25) is 10.1 Å². The normalized spacial score (nSPS) is 10.1. The molecule has 0 amide bonds. The van der Waals surface area contributed by atoms with Crippen LogP contribution in [0, 0.1) is 10.1 Å². The van der Waals surface area contributed by atoms with Crippen molar-refractivity contribution < 1.29 is 19.9 Å². The Morgan fingerprint density at radius 1 is 1.11 bits per heavy atom. The van der Waals surface area contributed by atoms with Gasteiger partial charge in [-0.2, -0.15) is 0 Å². The minimum absolute atomic E-state index is 0.0910. The van der Waals surface area contributed by atoms with Crippen molar-refractivity contribution >= 4 is 11.7 Å². The highest BCUT2D eigenvalue weighted by molar-refractivity contribution is 5.89. The zero-order chi connectivity index (χ0) is 14.0. The highest BCUT2D eigenvalue weighted by Gasteiger charge is 2.14. The second-order valence-corrected chi connectivity index (χ2v) is 3.85. The standard InChI is InChI=1S/C13H9NO5/c15-12-5-4-9(7-11(12)14(18)19)8-2-1-3-10(6-8)13(16)17/h1-7,15H,(H,16,17). The van der Waals surface area contributed by atoms with Crippen molar-refractivity contribution in [2.75, 3.05) is 0 Å². The zero-order valence-corrected chi connectivity index (χ0v) is 9.61. The van der Waals surface area contributed by atoms with Gasteiger partial charge in [0.15, 0.2) is 5.75 Å². The number of nitro benzene ring substituents is 1. The Balaban J connectivity index is 2.53. The summed E-state index contributed by atoms with van der Waals surface area (Å²) in [7, 11) is 0. The molecule has 0 aliphatic rings. The Morgan fingerprint density at radius 2 is 1.79 bits per heavy atom. The van der Waals surface area contributed by atoms with Crippen LogP contribution in [0.1, 0.15) is 10.4 Å². The van der Waals surface area contributed by atoms with E-state index in [2.05, 4.69) is 0 Å². The van der Waals surface area contributed by atoms with Gasteiger partial charge in [-0.15, -0.1) is 0 Å². The van der Waals surface area contributed by atoms with Gasteiger partial charge in [-0.1, -0.05) is 18.2 Å². The Labute approximate surface area is 107 Å². The topological polar surface area (TPSA) is 101 Å². The molecular formula is C13H9NO5. The summed E-state index contributed by atoms with van der Waals surface area (Å²) >= 11 is 0. The summed E-state index contributed by atoms with van der Waals surface area (Å²) in [6.07, 6.45) is 0. The number of aromatic carboxylic acids is 1. The average molecular weight is 259 g/mol. The first-order valence-electron chi connectivity index (χ1n) is 5.30. The van der Waals surface area contributed by atoms with Gasteiger partial charge in [0.25, 0.3) is 0 Å². The number of phenols is 1. The Bertz CT molecular complexity index is 666. The Hall–Kier alpha value is -2.89. The maximum absolute atomic E-state index is 10.9. The predicted octanol–water partition coefficient (Wildman–Crippen LogP) is 2.67. The lowest BCUT2D eigenvalue weighted by molar-refractivity contribution is -0.385. The van der Waals surface area contributed by atoms with E-state index in [0.29, 0.717) is 11.1 Å². The van der Waals surface area contributed by atoms with E-state index in [1.54, 1.807) is 12.1 Å². The maximum atomic E-state index is 10.9. The monoisotopic (exact) mass is 259 g/mol. The summed E-state index contributed by atoms with van der Waals surface area (Å²) in [5, 5.41) is 29.0. The van der Waals surface area contributed by atoms with Crippen LogP contribution in [0.4, 0.5) is 5.69 Å². The van der Waals surface area contributed by atoms with E-state index < -0.39 is 22.3 Å². The molecule has 0 heterocycles. The number of hydrogen-bond donors (Lipinski definition) is 2. The molecule has 0 aliphatic heterocycles. The molecule has 0 spiro atoms. The second kappa shape index (κ2) is 4.77. The molecule has 19 heavy (non-hydrogen) atoms. The third-order valence-electron chi connectivity index (χ3n) is 2.61. The fraction of sp³-hybridized carbons (Fsp3) is 0. The number of nitrogens with zero attached hydrogens (tertiary/aromatic N) is 1. The van der Waals surface area contributed by atoms with Crippen LogP contribution in [0.5, 0.6) is 5.75 Å². The first kappa shape index (κ1) is 12.6. The summed E-state index contributed by atoms with van der Waals surface area (Å²) in [5.74, 6) is -1.50. The van der Waals surface area contributed by atoms with E-state index in [0.717, 1.165) is 0 Å². The number of benzene rings is 2. The lowest BCUT2D eigenvalue weighted by atomic mass is 10.0. The minimum Gasteiger partial charge on any atom is -0.502 e. The maximum Gasteiger partial charge on any atom is 0.335 e. The van der Waals surface area contributed by atoms with Crippen LogP contribution >= 0.6 is 0 Å². The molecule has 0 bridgehead atoms. The Morgan fingerprint density at radius 3 is 2.42 bits per heavy atom. The molecule has 0 fully saturated rings. The van der Waals surface area contributed by atoms with Crippen LogP contribution in [0.3, 0.4) is 0 Å². The quantitative estimate of drug-likeness (QED) is 0.651. The van der Waals surface area contributed by atoms with Gasteiger partial charge in [-0.25, -0.2) is 4.79 Å². The number of rotatable bonds is 3. The predicted molar refractivity (Wildman–Crippen MR) is 67.2 cm³/mol. The van der Waals surface area contributed by atoms with Gasteiger partial charge in [0, 0.05) is 6.07 Å². The van der Waals surface area contributed by atoms with Crippen molar-refractivity contribution in [1.82, 2.24) is 0 Å². The third kappa shape index (κ3) is 2.52. The molecule has 0 aromatic heterocycles. The summed E-state index contributed by atoms with van der Waals surface area (Å²) < 4.78 is 0. The van der Waals surface area contributed by atoms with Gasteiger partial charge in [0.1, 0.15) is 0 Å². The highest BCUT2D eigenvalue weighted by atomic mass is 16.6. The highest BCUT2D eigenvalue weighted by Crippen LogP contribution is 2.31. The molecule has 96 valence electrons. The number of nitro groups is 1. The van der Waals surface area contributed by atoms with Crippen LogP contribution in [0.25, 0.3) is 11.1 Å². The lowest BCUT2D eigenvalue weighted by Gasteiger charge is -2.04. The first-order chi connectivity index (χ1) is 8.99. The van der Waals surface area contributed by atoms with E-state index in [1.807, 2.05) is 0 Å². The molecule has 0 atom stereocenters. The molecule has 6 nitrogen and oxygen atoms in total. The molecule has 0 unspecified atom stereocenters. The molecular weight excluding hydrogens is 250 g/mol. The second-order valence-electron chi connectivity index (χ2n) is 3.85. The number of aromatic hydroxyl groups is 1. The molecule has 0 saturated carbocycles. The molecule has 6 heteroatoms. The van der Waals surface area contributed by atoms with Crippen LogP contribution in [-0.2, 0) is 0 Å². The molecule has 2 rings (SSSR count). The molecule has 2 aromatic rings. The summed E-state index contributed by atoms with van der Waals surface area (Å²) in [6, 6.07) is 9.94. The molecule has 0 saturated heterocycles. The number of phenolic OH excluding ortho intramolecular Hbond substituents is 1. The van der Waals surface area contributed by atoms with E-state index in [1.165, 1.54) is 30.3 Å². The smallest absolute Gasteiger partial charge is 0.335 e. The lowest BCUT2D eigenvalue weighted by Crippen LogP contribution is -1.96. The molecule has 0 aliphatic carbocycles.